The first-order valence-corrected chi connectivity index (χ1v) is 7.26. The molecule has 4 unspecified atom stereocenters. The molecule has 100 valence electrons. The summed E-state index contributed by atoms with van der Waals surface area (Å²) in [5, 5.41) is 0. The van der Waals surface area contributed by atoms with Crippen LogP contribution in [0.2, 0.25) is 0 Å². The fourth-order valence-corrected chi connectivity index (χ4v) is 3.74. The van der Waals surface area contributed by atoms with Crippen LogP contribution in [0.15, 0.2) is 0 Å². The minimum atomic E-state index is 0.693. The van der Waals surface area contributed by atoms with Crippen molar-refractivity contribution in [2.24, 2.45) is 17.6 Å². The largest absolute Gasteiger partial charge is 0.330 e. The van der Waals surface area contributed by atoms with Gasteiger partial charge in [-0.3, -0.25) is 4.90 Å². The average molecular weight is 239 g/mol. The summed E-state index contributed by atoms with van der Waals surface area (Å²) in [5.41, 5.74) is 5.98. The lowest BCUT2D eigenvalue weighted by Crippen LogP contribution is -2.58. The first kappa shape index (κ1) is 13.3. The van der Waals surface area contributed by atoms with Crippen molar-refractivity contribution in [2.45, 2.75) is 45.2 Å². The van der Waals surface area contributed by atoms with Crippen LogP contribution in [0.1, 0.15) is 33.1 Å². The Kier molecular flexibility index (Phi) is 4.45. The third kappa shape index (κ3) is 3.01. The molecule has 1 saturated carbocycles. The monoisotopic (exact) mass is 239 g/mol. The Morgan fingerprint density at radius 3 is 2.59 bits per heavy atom. The molecule has 2 N–H and O–H groups in total. The van der Waals surface area contributed by atoms with Gasteiger partial charge in [-0.2, -0.15) is 0 Å². The molecular weight excluding hydrogens is 210 g/mol. The van der Waals surface area contributed by atoms with Gasteiger partial charge in [0.25, 0.3) is 0 Å². The van der Waals surface area contributed by atoms with Gasteiger partial charge in [0, 0.05) is 31.7 Å². The molecule has 3 heteroatoms. The van der Waals surface area contributed by atoms with Crippen molar-refractivity contribution >= 4 is 0 Å². The molecule has 1 aliphatic heterocycles. The van der Waals surface area contributed by atoms with E-state index >= 15 is 0 Å². The predicted molar refractivity (Wildman–Crippen MR) is 73.0 cm³/mol. The maximum atomic E-state index is 5.98. The number of piperazine rings is 1. The van der Waals surface area contributed by atoms with Crippen molar-refractivity contribution < 1.29 is 0 Å². The summed E-state index contributed by atoms with van der Waals surface area (Å²) in [5.74, 6) is 1.62. The van der Waals surface area contributed by atoms with Crippen molar-refractivity contribution in [2.75, 3.05) is 33.2 Å². The van der Waals surface area contributed by atoms with Crippen LogP contribution < -0.4 is 5.73 Å². The van der Waals surface area contributed by atoms with Crippen LogP contribution in [0.4, 0.5) is 0 Å². The molecule has 0 aromatic rings. The molecule has 2 aliphatic rings. The Bertz CT molecular complexity index is 244. The average Bonchev–Trinajstić information content (AvgIpc) is 2.29. The molecule has 2 fully saturated rings. The van der Waals surface area contributed by atoms with Crippen molar-refractivity contribution in [1.82, 2.24) is 9.80 Å². The third-order valence-corrected chi connectivity index (χ3v) is 4.83. The summed E-state index contributed by atoms with van der Waals surface area (Å²) in [4.78, 5) is 5.19. The lowest BCUT2D eigenvalue weighted by Gasteiger charge is -2.48. The molecule has 0 aromatic carbocycles. The van der Waals surface area contributed by atoms with Crippen LogP contribution in [0, 0.1) is 11.8 Å². The molecule has 0 bridgehead atoms. The highest BCUT2D eigenvalue weighted by Crippen LogP contribution is 2.33. The fourth-order valence-electron chi connectivity index (χ4n) is 3.74. The summed E-state index contributed by atoms with van der Waals surface area (Å²) in [6.45, 7) is 9.31. The number of rotatable bonds is 2. The van der Waals surface area contributed by atoms with Gasteiger partial charge >= 0.3 is 0 Å². The molecule has 0 spiro atoms. The Labute approximate surface area is 106 Å². The molecule has 0 amide bonds. The van der Waals surface area contributed by atoms with Gasteiger partial charge in [0.05, 0.1) is 0 Å². The van der Waals surface area contributed by atoms with Gasteiger partial charge in [0.2, 0.25) is 0 Å². The molecule has 4 atom stereocenters. The van der Waals surface area contributed by atoms with Gasteiger partial charge in [0.15, 0.2) is 0 Å². The maximum Gasteiger partial charge on any atom is 0.0198 e. The van der Waals surface area contributed by atoms with Crippen molar-refractivity contribution in [3.8, 4) is 0 Å². The minimum absolute atomic E-state index is 0.693. The van der Waals surface area contributed by atoms with Crippen molar-refractivity contribution in [3.05, 3.63) is 0 Å². The molecule has 0 aromatic heterocycles. The lowest BCUT2D eigenvalue weighted by molar-refractivity contribution is 0.0109. The van der Waals surface area contributed by atoms with Crippen LogP contribution in [-0.4, -0.2) is 55.1 Å². The number of hydrogen-bond donors (Lipinski definition) is 1. The summed E-state index contributed by atoms with van der Waals surface area (Å²) in [6.07, 6.45) is 4.07. The van der Waals surface area contributed by atoms with E-state index in [4.69, 9.17) is 5.73 Å². The Morgan fingerprint density at radius 1 is 1.18 bits per heavy atom. The Morgan fingerprint density at radius 2 is 1.94 bits per heavy atom. The Hall–Kier alpha value is -0.120. The SMILES string of the molecule is CC1CCC(CN)C(N2CCN(C)CC2C)C1. The van der Waals surface area contributed by atoms with E-state index in [1.165, 1.54) is 38.9 Å². The van der Waals surface area contributed by atoms with Gasteiger partial charge < -0.3 is 10.6 Å². The maximum absolute atomic E-state index is 5.98. The molecule has 2 rings (SSSR count). The third-order valence-electron chi connectivity index (χ3n) is 4.83. The Balaban J connectivity index is 2.02. The van der Waals surface area contributed by atoms with E-state index in [1.54, 1.807) is 0 Å². The number of nitrogens with two attached hydrogens (primary N) is 1. The van der Waals surface area contributed by atoms with E-state index in [2.05, 4.69) is 30.7 Å². The molecule has 3 nitrogen and oxygen atoms in total. The summed E-state index contributed by atoms with van der Waals surface area (Å²) in [6, 6.07) is 1.44. The van der Waals surface area contributed by atoms with Gasteiger partial charge in [-0.25, -0.2) is 0 Å². The smallest absolute Gasteiger partial charge is 0.0198 e. The zero-order valence-electron chi connectivity index (χ0n) is 11.7. The van der Waals surface area contributed by atoms with E-state index in [0.29, 0.717) is 6.04 Å². The quantitative estimate of drug-likeness (QED) is 0.790. The normalized spacial score (nSPS) is 41.6. The first-order valence-electron chi connectivity index (χ1n) is 7.26. The second kappa shape index (κ2) is 5.68. The summed E-state index contributed by atoms with van der Waals surface area (Å²) >= 11 is 0. The van der Waals surface area contributed by atoms with Crippen molar-refractivity contribution in [3.63, 3.8) is 0 Å². The zero-order valence-corrected chi connectivity index (χ0v) is 11.7. The highest BCUT2D eigenvalue weighted by Gasteiger charge is 2.35. The van der Waals surface area contributed by atoms with Gasteiger partial charge in [0.1, 0.15) is 0 Å². The molecule has 1 heterocycles. The van der Waals surface area contributed by atoms with Crippen LogP contribution in [0.5, 0.6) is 0 Å². The topological polar surface area (TPSA) is 32.5 Å². The van der Waals surface area contributed by atoms with E-state index in [9.17, 15) is 0 Å². The molecule has 17 heavy (non-hydrogen) atoms. The van der Waals surface area contributed by atoms with Crippen LogP contribution in [-0.2, 0) is 0 Å². The zero-order chi connectivity index (χ0) is 12.4. The van der Waals surface area contributed by atoms with Gasteiger partial charge in [-0.05, 0) is 45.2 Å². The standard InChI is InChI=1S/C14H29N3/c1-11-4-5-13(9-15)14(8-11)17-7-6-16(3)10-12(17)2/h11-14H,4-10,15H2,1-3H3. The second-order valence-corrected chi connectivity index (χ2v) is 6.33. The van der Waals surface area contributed by atoms with Crippen molar-refractivity contribution in [1.29, 1.82) is 0 Å². The van der Waals surface area contributed by atoms with Gasteiger partial charge in [-0.1, -0.05) is 13.3 Å². The van der Waals surface area contributed by atoms with E-state index in [0.717, 1.165) is 24.4 Å². The highest BCUT2D eigenvalue weighted by molar-refractivity contribution is 4.91. The lowest BCUT2D eigenvalue weighted by atomic mass is 9.77. The molecule has 1 aliphatic carbocycles. The van der Waals surface area contributed by atoms with Crippen LogP contribution in [0.3, 0.4) is 0 Å². The van der Waals surface area contributed by atoms with Crippen LogP contribution >= 0.6 is 0 Å². The molecule has 1 saturated heterocycles. The summed E-state index contributed by atoms with van der Waals surface area (Å²) < 4.78 is 0. The molecule has 0 radical (unpaired) electrons. The minimum Gasteiger partial charge on any atom is -0.330 e. The first-order chi connectivity index (χ1) is 8.11. The predicted octanol–water partition coefficient (Wildman–Crippen LogP) is 1.39. The van der Waals surface area contributed by atoms with Crippen LogP contribution in [0.25, 0.3) is 0 Å². The second-order valence-electron chi connectivity index (χ2n) is 6.33. The van der Waals surface area contributed by atoms with E-state index in [-0.39, 0.29) is 0 Å². The summed E-state index contributed by atoms with van der Waals surface area (Å²) in [7, 11) is 2.23. The number of nitrogens with zero attached hydrogens (tertiary/aromatic N) is 2. The van der Waals surface area contributed by atoms with E-state index in [1.807, 2.05) is 0 Å². The molecular formula is C14H29N3. The number of hydrogen-bond acceptors (Lipinski definition) is 3. The number of likely N-dealkylation sites (N-methyl/N-ethyl adjacent to an activating group) is 1. The fraction of sp³-hybridized carbons (Fsp3) is 1.00. The highest BCUT2D eigenvalue weighted by atomic mass is 15.3. The van der Waals surface area contributed by atoms with Gasteiger partial charge in [-0.15, -0.1) is 0 Å². The van der Waals surface area contributed by atoms with E-state index < -0.39 is 0 Å².